The minimum atomic E-state index is -0.161. The third-order valence-electron chi connectivity index (χ3n) is 5.07. The zero-order valence-corrected chi connectivity index (χ0v) is 16.6. The van der Waals surface area contributed by atoms with Gasteiger partial charge in [-0.3, -0.25) is 14.6 Å². The van der Waals surface area contributed by atoms with Gasteiger partial charge in [0.2, 0.25) is 5.91 Å². The Morgan fingerprint density at radius 3 is 2.79 bits per heavy atom. The summed E-state index contributed by atoms with van der Waals surface area (Å²) in [5, 5.41) is 0.880. The van der Waals surface area contributed by atoms with Gasteiger partial charge in [0.1, 0.15) is 5.58 Å². The highest BCUT2D eigenvalue weighted by atomic mass is 16.3. The summed E-state index contributed by atoms with van der Waals surface area (Å²) in [4.78, 5) is 32.5. The van der Waals surface area contributed by atoms with Crippen LogP contribution >= 0.6 is 0 Å². The zero-order valence-electron chi connectivity index (χ0n) is 16.6. The number of fused-ring (bicyclic) bond motifs is 1. The van der Waals surface area contributed by atoms with E-state index in [2.05, 4.69) is 11.1 Å². The second kappa shape index (κ2) is 7.91. The van der Waals surface area contributed by atoms with Gasteiger partial charge < -0.3 is 14.2 Å². The molecule has 0 radical (unpaired) electrons. The Balaban J connectivity index is 1.52. The number of benzene rings is 1. The van der Waals surface area contributed by atoms with Gasteiger partial charge in [0.15, 0.2) is 5.76 Å². The predicted molar refractivity (Wildman–Crippen MR) is 111 cm³/mol. The van der Waals surface area contributed by atoms with E-state index in [4.69, 9.17) is 4.42 Å². The van der Waals surface area contributed by atoms with Crippen LogP contribution in [0, 0.1) is 0 Å². The number of carbonyl (C=O) groups excluding carboxylic acids is 2. The Hall–Kier alpha value is -3.41. The fourth-order valence-corrected chi connectivity index (χ4v) is 3.50. The van der Waals surface area contributed by atoms with Crippen LogP contribution in [0.15, 0.2) is 59.2 Å². The van der Waals surface area contributed by atoms with Crippen molar-refractivity contribution in [2.45, 2.75) is 12.8 Å². The molecule has 6 heteroatoms. The lowest BCUT2D eigenvalue weighted by Gasteiger charge is -2.27. The fourth-order valence-electron chi connectivity index (χ4n) is 3.50. The Morgan fingerprint density at radius 1 is 1.17 bits per heavy atom. The van der Waals surface area contributed by atoms with E-state index in [0.29, 0.717) is 30.9 Å². The van der Waals surface area contributed by atoms with E-state index in [0.717, 1.165) is 28.6 Å². The largest absolute Gasteiger partial charge is 0.451 e. The zero-order chi connectivity index (χ0) is 20.4. The summed E-state index contributed by atoms with van der Waals surface area (Å²) in [6, 6.07) is 13.3. The summed E-state index contributed by atoms with van der Waals surface area (Å²) in [6.07, 6.45) is 5.01. The van der Waals surface area contributed by atoms with Crippen LogP contribution in [0.2, 0.25) is 0 Å². The maximum absolute atomic E-state index is 12.7. The highest BCUT2D eigenvalue weighted by Crippen LogP contribution is 2.27. The number of rotatable bonds is 4. The van der Waals surface area contributed by atoms with Crippen LogP contribution in [0.5, 0.6) is 0 Å². The summed E-state index contributed by atoms with van der Waals surface area (Å²) >= 11 is 0. The van der Waals surface area contributed by atoms with E-state index in [1.54, 1.807) is 26.4 Å². The molecule has 2 aromatic heterocycles. The highest BCUT2D eigenvalue weighted by molar-refractivity contribution is 5.96. The summed E-state index contributed by atoms with van der Waals surface area (Å²) < 4.78 is 5.68. The quantitative estimate of drug-likeness (QED) is 0.686. The third-order valence-corrected chi connectivity index (χ3v) is 5.07. The lowest BCUT2D eigenvalue weighted by Crippen LogP contribution is -2.36. The van der Waals surface area contributed by atoms with Gasteiger partial charge in [-0.25, -0.2) is 0 Å². The molecule has 2 amide bonds. The van der Waals surface area contributed by atoms with Crippen LogP contribution in [-0.4, -0.2) is 53.8 Å². The number of aromatic nitrogens is 1. The standard InChI is InChI=1S/C23H23N3O3/c1-25(2)23(28)21-13-18-12-16(8-9-20(18)29-21)17-6-5-11-26(15-17)22(27)14-19-7-3-4-10-24-19/h3-4,6-10,12-13H,5,11,14-15H2,1-2H3. The van der Waals surface area contributed by atoms with E-state index in [9.17, 15) is 9.59 Å². The number of furan rings is 1. The molecule has 1 aromatic carbocycles. The van der Waals surface area contributed by atoms with Crippen LogP contribution in [0.4, 0.5) is 0 Å². The van der Waals surface area contributed by atoms with Crippen LogP contribution in [0.3, 0.4) is 0 Å². The summed E-state index contributed by atoms with van der Waals surface area (Å²) in [5.74, 6) is 0.246. The first-order valence-corrected chi connectivity index (χ1v) is 9.63. The lowest BCUT2D eigenvalue weighted by molar-refractivity contribution is -0.130. The van der Waals surface area contributed by atoms with Crippen molar-refractivity contribution in [3.05, 3.63) is 71.8 Å². The monoisotopic (exact) mass is 389 g/mol. The molecule has 0 unspecified atom stereocenters. The molecule has 3 aromatic rings. The fraction of sp³-hybridized carbons (Fsp3) is 0.261. The number of pyridine rings is 1. The van der Waals surface area contributed by atoms with Crippen LogP contribution in [-0.2, 0) is 11.2 Å². The van der Waals surface area contributed by atoms with Crippen molar-refractivity contribution in [2.24, 2.45) is 0 Å². The Kier molecular flexibility index (Phi) is 5.16. The Labute approximate surface area is 169 Å². The maximum atomic E-state index is 12.7. The average molecular weight is 389 g/mol. The van der Waals surface area contributed by atoms with E-state index >= 15 is 0 Å². The van der Waals surface area contributed by atoms with Gasteiger partial charge >= 0.3 is 0 Å². The second-order valence-corrected chi connectivity index (χ2v) is 7.39. The van der Waals surface area contributed by atoms with Gasteiger partial charge in [0, 0.05) is 44.5 Å². The molecule has 0 N–H and O–H groups in total. The molecule has 1 aliphatic heterocycles. The molecule has 4 rings (SSSR count). The normalized spacial score (nSPS) is 14.0. The van der Waals surface area contributed by atoms with Crippen LogP contribution in [0.1, 0.15) is 28.2 Å². The molecule has 1 aliphatic rings. The third kappa shape index (κ3) is 4.06. The van der Waals surface area contributed by atoms with Crippen molar-refractivity contribution < 1.29 is 14.0 Å². The predicted octanol–water partition coefficient (Wildman–Crippen LogP) is 3.39. The molecule has 6 nitrogen and oxygen atoms in total. The summed E-state index contributed by atoms with van der Waals surface area (Å²) in [7, 11) is 3.40. The average Bonchev–Trinajstić information content (AvgIpc) is 3.17. The SMILES string of the molecule is CN(C)C(=O)c1cc2cc(C3=CCCN(C(=O)Cc4ccccn4)C3)ccc2o1. The number of carbonyl (C=O) groups is 2. The molecular weight excluding hydrogens is 366 g/mol. The van der Waals surface area contributed by atoms with E-state index < -0.39 is 0 Å². The molecule has 3 heterocycles. The van der Waals surface area contributed by atoms with Crippen molar-refractivity contribution in [1.82, 2.24) is 14.8 Å². The van der Waals surface area contributed by atoms with E-state index in [1.807, 2.05) is 41.3 Å². The van der Waals surface area contributed by atoms with Gasteiger partial charge in [-0.1, -0.05) is 18.2 Å². The van der Waals surface area contributed by atoms with Crippen molar-refractivity contribution in [3.8, 4) is 0 Å². The van der Waals surface area contributed by atoms with Crippen LogP contribution < -0.4 is 0 Å². The minimum absolute atomic E-state index is 0.0811. The molecule has 29 heavy (non-hydrogen) atoms. The molecule has 0 saturated carbocycles. The van der Waals surface area contributed by atoms with Crippen LogP contribution in [0.25, 0.3) is 16.5 Å². The number of amides is 2. The Morgan fingerprint density at radius 2 is 2.03 bits per heavy atom. The molecule has 0 fully saturated rings. The Bertz CT molecular complexity index is 1080. The van der Waals surface area contributed by atoms with Gasteiger partial charge in [-0.05, 0) is 47.9 Å². The first kappa shape index (κ1) is 18.9. The molecule has 0 atom stereocenters. The number of nitrogens with zero attached hydrogens (tertiary/aromatic N) is 3. The van der Waals surface area contributed by atoms with Crippen molar-refractivity contribution in [3.63, 3.8) is 0 Å². The summed E-state index contributed by atoms with van der Waals surface area (Å²) in [5.41, 5.74) is 3.61. The van der Waals surface area contributed by atoms with Gasteiger partial charge in [-0.15, -0.1) is 0 Å². The molecule has 0 bridgehead atoms. The molecule has 0 saturated heterocycles. The lowest BCUT2D eigenvalue weighted by atomic mass is 9.99. The van der Waals surface area contributed by atoms with Crippen molar-refractivity contribution >= 4 is 28.4 Å². The number of hydrogen-bond donors (Lipinski definition) is 0. The van der Waals surface area contributed by atoms with Gasteiger partial charge in [0.05, 0.1) is 6.42 Å². The minimum Gasteiger partial charge on any atom is -0.451 e. The topological polar surface area (TPSA) is 66.7 Å². The molecule has 0 aliphatic carbocycles. The molecular formula is C23H23N3O3. The van der Waals surface area contributed by atoms with Crippen molar-refractivity contribution in [2.75, 3.05) is 27.2 Å². The van der Waals surface area contributed by atoms with E-state index in [1.165, 1.54) is 4.90 Å². The van der Waals surface area contributed by atoms with Crippen molar-refractivity contribution in [1.29, 1.82) is 0 Å². The second-order valence-electron chi connectivity index (χ2n) is 7.39. The van der Waals surface area contributed by atoms with Gasteiger partial charge in [-0.2, -0.15) is 0 Å². The molecule has 0 spiro atoms. The first-order valence-electron chi connectivity index (χ1n) is 9.63. The first-order chi connectivity index (χ1) is 14.0. The van der Waals surface area contributed by atoms with E-state index in [-0.39, 0.29) is 11.8 Å². The van der Waals surface area contributed by atoms with Gasteiger partial charge in [0.25, 0.3) is 5.91 Å². The number of hydrogen-bond acceptors (Lipinski definition) is 4. The molecule has 148 valence electrons. The smallest absolute Gasteiger partial charge is 0.289 e. The summed E-state index contributed by atoms with van der Waals surface area (Å²) in [6.45, 7) is 1.28. The highest BCUT2D eigenvalue weighted by Gasteiger charge is 2.20. The maximum Gasteiger partial charge on any atom is 0.289 e.